The van der Waals surface area contributed by atoms with Gasteiger partial charge in [-0.15, -0.1) is 0 Å². The Kier molecular flexibility index (Phi) is 47.9. The average molecular weight is 555 g/mol. The van der Waals surface area contributed by atoms with Crippen LogP contribution in [0.3, 0.4) is 0 Å². The van der Waals surface area contributed by atoms with Gasteiger partial charge in [-0.3, -0.25) is 0 Å². The van der Waals surface area contributed by atoms with Crippen LogP contribution in [-0.2, 0) is 9.59 Å². The molecule has 0 heterocycles. The summed E-state index contributed by atoms with van der Waals surface area (Å²) in [6, 6.07) is 0. The SMILES string of the molecule is CCCCCCCCCCCCCCCC(=O)[O-].CCCCCCCCCCCCCCCC(=O)[O-].[Al+3].[OH-]. The minimum absolute atomic E-state index is 0. The van der Waals surface area contributed by atoms with Crippen LogP contribution in [0.2, 0.25) is 0 Å². The Morgan fingerprint density at radius 1 is 0.368 bits per heavy atom. The summed E-state index contributed by atoms with van der Waals surface area (Å²) < 4.78 is 0. The molecule has 0 saturated heterocycles. The van der Waals surface area contributed by atoms with Crippen LogP contribution in [0, 0.1) is 0 Å². The zero-order chi connectivity index (χ0) is 27.0. The number of carboxylic acid groups (broad SMARTS) is 2. The fourth-order valence-electron chi connectivity index (χ4n) is 4.57. The molecular weight excluding hydrogens is 491 g/mol. The number of carbonyl (C=O) groups is 2. The summed E-state index contributed by atoms with van der Waals surface area (Å²) >= 11 is 0. The average Bonchev–Trinajstić information content (AvgIpc) is 2.85. The molecule has 1 N–H and O–H groups in total. The zero-order valence-corrected chi connectivity index (χ0v) is 26.6. The van der Waals surface area contributed by atoms with Crippen molar-refractivity contribution in [2.24, 2.45) is 0 Å². The first-order valence-electron chi connectivity index (χ1n) is 15.9. The smallest absolute Gasteiger partial charge is 0.870 e. The van der Waals surface area contributed by atoms with Crippen molar-refractivity contribution in [1.29, 1.82) is 0 Å². The second-order valence-corrected chi connectivity index (χ2v) is 10.7. The van der Waals surface area contributed by atoms with E-state index in [0.29, 0.717) is 0 Å². The number of hydrogen-bond acceptors (Lipinski definition) is 5. The fraction of sp³-hybridized carbons (Fsp3) is 0.938. The van der Waals surface area contributed by atoms with Crippen LogP contribution in [0.15, 0.2) is 0 Å². The number of carboxylic acids is 2. The van der Waals surface area contributed by atoms with Gasteiger partial charge in [0, 0.05) is 11.9 Å². The van der Waals surface area contributed by atoms with E-state index in [1.54, 1.807) is 0 Å². The third kappa shape index (κ3) is 48.5. The molecule has 0 rings (SSSR count). The van der Waals surface area contributed by atoms with Crippen molar-refractivity contribution in [1.82, 2.24) is 0 Å². The van der Waals surface area contributed by atoms with Crippen LogP contribution in [0.4, 0.5) is 0 Å². The summed E-state index contributed by atoms with van der Waals surface area (Å²) in [6.45, 7) is 4.51. The van der Waals surface area contributed by atoms with Crippen LogP contribution in [0.25, 0.3) is 0 Å². The first-order chi connectivity index (χ1) is 17.5. The third-order valence-corrected chi connectivity index (χ3v) is 6.97. The minimum atomic E-state index is -0.905. The van der Waals surface area contributed by atoms with Gasteiger partial charge in [0.15, 0.2) is 0 Å². The number of hydrogen-bond donors (Lipinski definition) is 0. The molecule has 0 atom stereocenters. The molecule has 0 aromatic rings. The van der Waals surface area contributed by atoms with Crippen molar-refractivity contribution in [2.45, 2.75) is 194 Å². The van der Waals surface area contributed by atoms with Crippen molar-refractivity contribution in [3.05, 3.63) is 0 Å². The van der Waals surface area contributed by atoms with E-state index < -0.39 is 11.9 Å². The van der Waals surface area contributed by atoms with Crippen molar-refractivity contribution in [3.8, 4) is 0 Å². The second kappa shape index (κ2) is 40.9. The summed E-state index contributed by atoms with van der Waals surface area (Å²) in [7, 11) is 0. The van der Waals surface area contributed by atoms with Crippen molar-refractivity contribution >= 4 is 29.3 Å². The topological polar surface area (TPSA) is 110 Å². The van der Waals surface area contributed by atoms with Gasteiger partial charge in [0.25, 0.3) is 0 Å². The summed E-state index contributed by atoms with van der Waals surface area (Å²) in [4.78, 5) is 20.4. The van der Waals surface area contributed by atoms with Gasteiger partial charge >= 0.3 is 17.4 Å². The molecule has 6 heteroatoms. The number of rotatable bonds is 28. The van der Waals surface area contributed by atoms with E-state index in [4.69, 9.17) is 0 Å². The van der Waals surface area contributed by atoms with Crippen molar-refractivity contribution in [2.75, 3.05) is 0 Å². The third-order valence-electron chi connectivity index (χ3n) is 6.97. The fourth-order valence-corrected chi connectivity index (χ4v) is 4.57. The molecule has 0 spiro atoms. The molecular formula is C32H63AlO5. The first kappa shape index (κ1) is 44.5. The summed E-state index contributed by atoms with van der Waals surface area (Å²) in [5.74, 6) is -1.81. The number of carbonyl (C=O) groups excluding carboxylic acids is 2. The molecule has 0 aromatic heterocycles. The predicted octanol–water partition coefficient (Wildman–Crippen LogP) is 7.88. The van der Waals surface area contributed by atoms with Gasteiger partial charge in [0.1, 0.15) is 0 Å². The maximum atomic E-state index is 10.2. The van der Waals surface area contributed by atoms with E-state index >= 15 is 0 Å². The number of aliphatic carboxylic acids is 2. The van der Waals surface area contributed by atoms with Gasteiger partial charge in [-0.2, -0.15) is 0 Å². The first-order valence-corrected chi connectivity index (χ1v) is 15.9. The van der Waals surface area contributed by atoms with Crippen LogP contribution in [0.5, 0.6) is 0 Å². The van der Waals surface area contributed by atoms with Crippen LogP contribution < -0.4 is 10.2 Å². The van der Waals surface area contributed by atoms with Crippen molar-refractivity contribution < 1.29 is 25.3 Å². The molecule has 0 aliphatic carbocycles. The summed E-state index contributed by atoms with van der Waals surface area (Å²) in [6.07, 6.45) is 33.9. The Labute approximate surface area is 247 Å². The predicted molar refractivity (Wildman–Crippen MR) is 158 cm³/mol. The maximum Gasteiger partial charge on any atom is 3.00 e. The molecule has 0 radical (unpaired) electrons. The zero-order valence-electron chi connectivity index (χ0n) is 25.5. The second-order valence-electron chi connectivity index (χ2n) is 10.7. The Balaban J connectivity index is -0.000000289. The molecule has 0 fully saturated rings. The van der Waals surface area contributed by atoms with E-state index in [9.17, 15) is 19.8 Å². The quantitative estimate of drug-likeness (QED) is 0.0721. The van der Waals surface area contributed by atoms with E-state index in [1.807, 2.05) is 0 Å². The number of unbranched alkanes of at least 4 members (excludes halogenated alkanes) is 24. The van der Waals surface area contributed by atoms with Gasteiger partial charge in [0.05, 0.1) is 0 Å². The van der Waals surface area contributed by atoms with Gasteiger partial charge in [-0.1, -0.05) is 168 Å². The van der Waals surface area contributed by atoms with E-state index in [0.717, 1.165) is 25.7 Å². The Hall–Kier alpha value is -0.568. The molecule has 224 valence electrons. The molecule has 0 saturated carbocycles. The maximum absolute atomic E-state index is 10.2. The molecule has 38 heavy (non-hydrogen) atoms. The molecule has 0 bridgehead atoms. The van der Waals surface area contributed by atoms with Crippen LogP contribution >= 0.6 is 0 Å². The Bertz CT molecular complexity index is 406. The Morgan fingerprint density at radius 2 is 0.526 bits per heavy atom. The Morgan fingerprint density at radius 3 is 0.684 bits per heavy atom. The monoisotopic (exact) mass is 554 g/mol. The van der Waals surface area contributed by atoms with Crippen LogP contribution in [-0.4, -0.2) is 34.8 Å². The van der Waals surface area contributed by atoms with Gasteiger partial charge < -0.3 is 25.3 Å². The summed E-state index contributed by atoms with van der Waals surface area (Å²) in [5.41, 5.74) is 0. The van der Waals surface area contributed by atoms with Crippen molar-refractivity contribution in [3.63, 3.8) is 0 Å². The molecule has 0 aliphatic rings. The van der Waals surface area contributed by atoms with E-state index in [1.165, 1.54) is 141 Å². The normalized spacial score (nSPS) is 10.2. The van der Waals surface area contributed by atoms with E-state index in [2.05, 4.69) is 13.8 Å². The van der Waals surface area contributed by atoms with Crippen LogP contribution in [0.1, 0.15) is 194 Å². The largest absolute Gasteiger partial charge is 3.00 e. The molecule has 5 nitrogen and oxygen atoms in total. The van der Waals surface area contributed by atoms with Gasteiger partial charge in [0.2, 0.25) is 0 Å². The van der Waals surface area contributed by atoms with E-state index in [-0.39, 0.29) is 35.7 Å². The minimum Gasteiger partial charge on any atom is -0.870 e. The summed E-state index contributed by atoms with van der Waals surface area (Å²) in [5, 5.41) is 20.4. The standard InChI is InChI=1S/2C16H32O2.Al.H2O/c2*1-2-3-4-5-6-7-8-9-10-11-12-13-14-15-16(17)18;;/h2*2-15H2,1H3,(H,17,18);;1H2/q;;+3;/p-3. The molecule has 0 aliphatic heterocycles. The molecule has 0 aromatic carbocycles. The van der Waals surface area contributed by atoms with Gasteiger partial charge in [-0.25, -0.2) is 0 Å². The molecule has 0 amide bonds. The molecule has 0 unspecified atom stereocenters. The van der Waals surface area contributed by atoms with Gasteiger partial charge in [-0.05, 0) is 25.7 Å².